The number of carbonyl (C=O) groups is 2. The van der Waals surface area contributed by atoms with Gasteiger partial charge in [0.05, 0.1) is 22.0 Å². The molecule has 6 rings (SSSR count). The van der Waals surface area contributed by atoms with Crippen LogP contribution in [0.15, 0.2) is 102 Å². The van der Waals surface area contributed by atoms with Gasteiger partial charge in [0.15, 0.2) is 0 Å². The van der Waals surface area contributed by atoms with Crippen LogP contribution in [0.25, 0.3) is 10.9 Å². The van der Waals surface area contributed by atoms with E-state index in [4.69, 9.17) is 9.72 Å². The van der Waals surface area contributed by atoms with Gasteiger partial charge in [0.1, 0.15) is 17.3 Å². The van der Waals surface area contributed by atoms with Crippen molar-refractivity contribution in [2.24, 2.45) is 0 Å². The summed E-state index contributed by atoms with van der Waals surface area (Å²) in [5.74, 6) is 1.34. The zero-order valence-electron chi connectivity index (χ0n) is 22.0. The highest BCUT2D eigenvalue weighted by Gasteiger charge is 2.34. The van der Waals surface area contributed by atoms with Gasteiger partial charge in [0, 0.05) is 19.5 Å². The van der Waals surface area contributed by atoms with Crippen molar-refractivity contribution in [3.05, 3.63) is 135 Å². The number of carbonyl (C=O) groups excluding carboxylic acids is 2. The zero-order valence-corrected chi connectivity index (χ0v) is 22.0. The number of amides is 2. The Balaban J connectivity index is 1.28. The number of hydrogen-bond donors (Lipinski definition) is 0. The minimum absolute atomic E-state index is 0.129. The van der Waals surface area contributed by atoms with Crippen molar-refractivity contribution >= 4 is 22.7 Å². The monoisotopic (exact) mass is 529 g/mol. The van der Waals surface area contributed by atoms with Gasteiger partial charge in [-0.3, -0.25) is 23.9 Å². The average Bonchev–Trinajstić information content (AvgIpc) is 3.22. The van der Waals surface area contributed by atoms with Gasteiger partial charge in [0.2, 0.25) is 0 Å². The van der Waals surface area contributed by atoms with Gasteiger partial charge in [-0.2, -0.15) is 0 Å². The van der Waals surface area contributed by atoms with Gasteiger partial charge >= 0.3 is 0 Å². The van der Waals surface area contributed by atoms with Crippen molar-refractivity contribution in [3.8, 4) is 11.5 Å². The Labute approximate surface area is 231 Å². The number of rotatable bonds is 8. The largest absolute Gasteiger partial charge is 0.457 e. The summed E-state index contributed by atoms with van der Waals surface area (Å²) in [4.78, 5) is 45.5. The third-order valence-corrected chi connectivity index (χ3v) is 7.20. The molecule has 4 aromatic carbocycles. The molecule has 0 fully saturated rings. The third kappa shape index (κ3) is 4.78. The molecule has 0 saturated heterocycles. The first kappa shape index (κ1) is 25.2. The van der Waals surface area contributed by atoms with Gasteiger partial charge in [0.25, 0.3) is 17.4 Å². The van der Waals surface area contributed by atoms with Gasteiger partial charge in [-0.05, 0) is 61.4 Å². The first-order chi connectivity index (χ1) is 19.5. The van der Waals surface area contributed by atoms with Crippen LogP contribution in [0.4, 0.5) is 0 Å². The van der Waals surface area contributed by atoms with Gasteiger partial charge < -0.3 is 4.74 Å². The maximum Gasteiger partial charge on any atom is 0.261 e. The minimum atomic E-state index is -0.322. The molecule has 0 aliphatic carbocycles. The van der Waals surface area contributed by atoms with Crippen LogP contribution < -0.4 is 10.3 Å². The number of ether oxygens (including phenoxy) is 1. The maximum absolute atomic E-state index is 13.6. The number of imide groups is 1. The second-order valence-corrected chi connectivity index (χ2v) is 9.83. The van der Waals surface area contributed by atoms with Crippen LogP contribution >= 0.6 is 0 Å². The van der Waals surface area contributed by atoms with Crippen molar-refractivity contribution < 1.29 is 14.3 Å². The molecule has 0 N–H and O–H groups in total. The van der Waals surface area contributed by atoms with E-state index < -0.39 is 0 Å². The molecule has 0 radical (unpaired) electrons. The van der Waals surface area contributed by atoms with E-state index in [9.17, 15) is 14.4 Å². The highest BCUT2D eigenvalue weighted by atomic mass is 16.5. The van der Waals surface area contributed by atoms with E-state index in [0.29, 0.717) is 40.8 Å². The molecule has 1 aromatic heterocycles. The fourth-order valence-corrected chi connectivity index (χ4v) is 5.06. The maximum atomic E-state index is 13.6. The molecular weight excluding hydrogens is 502 g/mol. The van der Waals surface area contributed by atoms with E-state index in [1.807, 2.05) is 67.6 Å². The number of hydrogen-bond acceptors (Lipinski definition) is 5. The summed E-state index contributed by atoms with van der Waals surface area (Å²) in [5, 5.41) is 0.524. The Morgan fingerprint density at radius 3 is 2.10 bits per heavy atom. The fraction of sp³-hybridized carbons (Fsp3) is 0.152. The summed E-state index contributed by atoms with van der Waals surface area (Å²) in [5.41, 5.74) is 3.35. The zero-order chi connectivity index (χ0) is 27.6. The molecule has 0 spiro atoms. The van der Waals surface area contributed by atoms with E-state index in [-0.39, 0.29) is 30.3 Å². The number of aromatic nitrogens is 2. The number of fused-ring (bicyclic) bond motifs is 2. The van der Waals surface area contributed by atoms with Crippen LogP contribution in [0.1, 0.15) is 37.7 Å². The Bertz CT molecular complexity index is 1770. The Morgan fingerprint density at radius 1 is 0.700 bits per heavy atom. The van der Waals surface area contributed by atoms with Gasteiger partial charge in [-0.1, -0.05) is 60.2 Å². The standard InChI is InChI=1S/C33H27N3O4/c1-22-14-16-24(17-15-22)40-29-13-7-2-8-23(29)18-20-35-30(34-28-12-6-5-11-27(28)33(35)39)19-21-36-31(37)25-9-3-4-10-26(25)32(36)38/h2-17H,18-21H2,1H3. The molecule has 2 heterocycles. The van der Waals surface area contributed by atoms with Gasteiger partial charge in [-0.15, -0.1) is 0 Å². The number of benzene rings is 4. The molecule has 198 valence electrons. The topological polar surface area (TPSA) is 81.5 Å². The summed E-state index contributed by atoms with van der Waals surface area (Å²) >= 11 is 0. The van der Waals surface area contributed by atoms with Crippen LogP contribution in [0.5, 0.6) is 11.5 Å². The minimum Gasteiger partial charge on any atom is -0.457 e. The highest BCUT2D eigenvalue weighted by Crippen LogP contribution is 2.27. The lowest BCUT2D eigenvalue weighted by atomic mass is 10.1. The molecular formula is C33H27N3O4. The first-order valence-electron chi connectivity index (χ1n) is 13.3. The second-order valence-electron chi connectivity index (χ2n) is 9.83. The second kappa shape index (κ2) is 10.6. The molecule has 0 saturated carbocycles. The summed E-state index contributed by atoms with van der Waals surface area (Å²) < 4.78 is 7.82. The molecule has 0 unspecified atom stereocenters. The van der Waals surface area contributed by atoms with Crippen LogP contribution in [-0.4, -0.2) is 32.8 Å². The molecule has 7 heteroatoms. The van der Waals surface area contributed by atoms with Crippen LogP contribution in [0.2, 0.25) is 0 Å². The SMILES string of the molecule is Cc1ccc(Oc2ccccc2CCn2c(CCN3C(=O)c4ccccc4C3=O)nc3ccccc3c2=O)cc1. The van der Waals surface area contributed by atoms with E-state index >= 15 is 0 Å². The number of aryl methyl sites for hydroxylation is 2. The normalized spacial score (nSPS) is 12.7. The van der Waals surface area contributed by atoms with Crippen molar-refractivity contribution in [1.82, 2.24) is 14.5 Å². The number of para-hydroxylation sites is 2. The molecule has 2 amide bonds. The predicted molar refractivity (Wildman–Crippen MR) is 153 cm³/mol. The molecule has 1 aliphatic heterocycles. The molecule has 1 aliphatic rings. The molecule has 5 aromatic rings. The molecule has 0 bridgehead atoms. The first-order valence-corrected chi connectivity index (χ1v) is 13.3. The summed E-state index contributed by atoms with van der Waals surface area (Å²) in [6.45, 7) is 2.52. The molecule has 40 heavy (non-hydrogen) atoms. The molecule has 7 nitrogen and oxygen atoms in total. The van der Waals surface area contributed by atoms with Crippen molar-refractivity contribution in [2.45, 2.75) is 26.3 Å². The number of nitrogens with zero attached hydrogens (tertiary/aromatic N) is 3. The lowest BCUT2D eigenvalue weighted by Crippen LogP contribution is -2.34. The molecule has 0 atom stereocenters. The Morgan fingerprint density at radius 2 is 1.35 bits per heavy atom. The van der Waals surface area contributed by atoms with Crippen molar-refractivity contribution in [2.75, 3.05) is 6.54 Å². The third-order valence-electron chi connectivity index (χ3n) is 7.20. The Hall–Kier alpha value is -5.04. The lowest BCUT2D eigenvalue weighted by molar-refractivity contribution is 0.0655. The van der Waals surface area contributed by atoms with Crippen LogP contribution in [0, 0.1) is 6.92 Å². The quantitative estimate of drug-likeness (QED) is 0.245. The fourth-order valence-electron chi connectivity index (χ4n) is 5.06. The van der Waals surface area contributed by atoms with E-state index in [1.165, 1.54) is 4.90 Å². The van der Waals surface area contributed by atoms with E-state index in [2.05, 4.69) is 0 Å². The predicted octanol–water partition coefficient (Wildman–Crippen LogP) is 5.58. The highest BCUT2D eigenvalue weighted by molar-refractivity contribution is 6.21. The van der Waals surface area contributed by atoms with Crippen LogP contribution in [0.3, 0.4) is 0 Å². The summed E-state index contributed by atoms with van der Waals surface area (Å²) in [7, 11) is 0. The Kier molecular flexibility index (Phi) is 6.70. The average molecular weight is 530 g/mol. The van der Waals surface area contributed by atoms with Crippen molar-refractivity contribution in [1.29, 1.82) is 0 Å². The van der Waals surface area contributed by atoms with E-state index in [0.717, 1.165) is 22.6 Å². The van der Waals surface area contributed by atoms with E-state index in [1.54, 1.807) is 41.0 Å². The summed E-state index contributed by atoms with van der Waals surface area (Å²) in [6, 6.07) is 29.7. The smallest absolute Gasteiger partial charge is 0.261 e. The lowest BCUT2D eigenvalue weighted by Gasteiger charge is -2.18. The van der Waals surface area contributed by atoms with Crippen LogP contribution in [-0.2, 0) is 19.4 Å². The van der Waals surface area contributed by atoms with Gasteiger partial charge in [-0.25, -0.2) is 4.98 Å². The summed E-state index contributed by atoms with van der Waals surface area (Å²) in [6.07, 6.45) is 0.787. The van der Waals surface area contributed by atoms with Crippen molar-refractivity contribution in [3.63, 3.8) is 0 Å².